The van der Waals surface area contributed by atoms with E-state index in [1.807, 2.05) is 24.3 Å². The zero-order valence-corrected chi connectivity index (χ0v) is 31.4. The molecular weight excluding hydrogens is 692 g/mol. The van der Waals surface area contributed by atoms with Gasteiger partial charge < -0.3 is 46.9 Å². The Kier molecular flexibility index (Phi) is 15.4. The Bertz CT molecular complexity index is 1730. The van der Waals surface area contributed by atoms with Crippen LogP contribution in [0, 0.1) is 5.92 Å². The largest absolute Gasteiger partial charge is 0.508 e. The van der Waals surface area contributed by atoms with Crippen LogP contribution in [0.2, 0.25) is 0 Å². The summed E-state index contributed by atoms with van der Waals surface area (Å²) in [6.07, 6.45) is 6.38. The summed E-state index contributed by atoms with van der Waals surface area (Å²) in [5.74, 6) is -4.23. The van der Waals surface area contributed by atoms with Crippen LogP contribution < -0.4 is 21.7 Å². The highest BCUT2D eigenvalue weighted by Gasteiger charge is 2.41. The fraction of sp³-hybridized carbons (Fsp3) is 0.525. The van der Waals surface area contributed by atoms with Crippen molar-refractivity contribution >= 4 is 40.5 Å². The van der Waals surface area contributed by atoms with Gasteiger partial charge in [0.25, 0.3) is 5.91 Å². The van der Waals surface area contributed by atoms with Gasteiger partial charge in [-0.2, -0.15) is 0 Å². The number of aromatic nitrogens is 1. The maximum absolute atomic E-state index is 14.0. The van der Waals surface area contributed by atoms with E-state index in [0.29, 0.717) is 30.4 Å². The number of para-hydroxylation sites is 1. The van der Waals surface area contributed by atoms with Crippen LogP contribution in [0.5, 0.6) is 5.75 Å². The fourth-order valence-corrected chi connectivity index (χ4v) is 6.91. The Morgan fingerprint density at radius 3 is 2.30 bits per heavy atom. The molecular formula is C40H56N6O8. The number of nitrogens with zero attached hydrogens (tertiary/aromatic N) is 1. The second-order valence-corrected chi connectivity index (χ2v) is 14.6. The van der Waals surface area contributed by atoms with Crippen molar-refractivity contribution in [3.8, 4) is 5.75 Å². The number of phenols is 1. The topological polar surface area (TPSA) is 227 Å². The number of aliphatic hydroxyl groups excluding tert-OH is 1. The molecule has 0 radical (unpaired) electrons. The summed E-state index contributed by atoms with van der Waals surface area (Å²) in [7, 11) is 0. The molecule has 3 aromatic rings. The zero-order chi connectivity index (χ0) is 39.4. The van der Waals surface area contributed by atoms with E-state index in [1.54, 1.807) is 32.2 Å². The van der Waals surface area contributed by atoms with Crippen LogP contribution in [-0.2, 0) is 36.8 Å². The molecule has 4 amide bonds. The third kappa shape index (κ3) is 11.3. The number of aromatic amines is 1. The van der Waals surface area contributed by atoms with E-state index in [2.05, 4.69) is 27.9 Å². The molecule has 9 N–H and O–H groups in total. The van der Waals surface area contributed by atoms with Gasteiger partial charge in [0.2, 0.25) is 17.7 Å². The molecule has 14 heteroatoms. The van der Waals surface area contributed by atoms with Crippen molar-refractivity contribution in [3.05, 3.63) is 65.9 Å². The van der Waals surface area contributed by atoms with Gasteiger partial charge in [-0.3, -0.25) is 19.2 Å². The molecule has 294 valence electrons. The van der Waals surface area contributed by atoms with Crippen LogP contribution in [0.4, 0.5) is 0 Å². The lowest BCUT2D eigenvalue weighted by atomic mass is 9.99. The number of likely N-dealkylation sites (tertiary alicyclic amines) is 1. The summed E-state index contributed by atoms with van der Waals surface area (Å²) in [6, 6.07) is 8.12. The Labute approximate surface area is 316 Å². The second kappa shape index (κ2) is 19.9. The summed E-state index contributed by atoms with van der Waals surface area (Å²) in [5, 5.41) is 39.4. The highest BCUT2D eigenvalue weighted by molar-refractivity contribution is 5.96. The lowest BCUT2D eigenvalue weighted by Gasteiger charge is -2.32. The molecule has 1 aromatic heterocycles. The van der Waals surface area contributed by atoms with Gasteiger partial charge in [-0.1, -0.05) is 83.2 Å². The number of nitrogens with one attached hydrogen (secondary N) is 4. The number of phenolic OH excluding ortho intramolecular Hbond substituents is 1. The summed E-state index contributed by atoms with van der Waals surface area (Å²) < 4.78 is 0. The minimum Gasteiger partial charge on any atom is -0.508 e. The lowest BCUT2D eigenvalue weighted by Crippen LogP contribution is -2.59. The van der Waals surface area contributed by atoms with Crippen LogP contribution in [0.3, 0.4) is 0 Å². The van der Waals surface area contributed by atoms with Gasteiger partial charge >= 0.3 is 5.97 Å². The number of hydrogen-bond acceptors (Lipinski definition) is 8. The molecule has 0 spiro atoms. The number of carbonyl (C=O) groups excluding carboxylic acids is 4. The molecule has 2 aromatic carbocycles. The molecule has 0 saturated carbocycles. The van der Waals surface area contributed by atoms with Crippen LogP contribution >= 0.6 is 0 Å². The van der Waals surface area contributed by atoms with E-state index in [-0.39, 0.29) is 31.1 Å². The number of aromatic hydroxyl groups is 1. The second-order valence-electron chi connectivity index (χ2n) is 14.6. The van der Waals surface area contributed by atoms with E-state index in [1.165, 1.54) is 17.0 Å². The molecule has 6 atom stereocenters. The Balaban J connectivity index is 1.46. The summed E-state index contributed by atoms with van der Waals surface area (Å²) in [4.78, 5) is 71.7. The number of aliphatic hydroxyl groups is 1. The number of carbonyl (C=O) groups is 5. The van der Waals surface area contributed by atoms with Gasteiger partial charge in [-0.25, -0.2) is 4.79 Å². The van der Waals surface area contributed by atoms with Gasteiger partial charge in [0.1, 0.15) is 36.0 Å². The van der Waals surface area contributed by atoms with Crippen molar-refractivity contribution in [3.63, 3.8) is 0 Å². The van der Waals surface area contributed by atoms with Gasteiger partial charge in [0.15, 0.2) is 0 Å². The molecule has 6 unspecified atom stereocenters. The van der Waals surface area contributed by atoms with Crippen LogP contribution in [0.1, 0.15) is 83.3 Å². The maximum atomic E-state index is 14.0. The number of unbranched alkanes of at least 4 members (excludes halogenated alkanes) is 4. The van der Waals surface area contributed by atoms with Crippen molar-refractivity contribution in [2.45, 2.75) is 121 Å². The van der Waals surface area contributed by atoms with E-state index in [9.17, 15) is 39.3 Å². The van der Waals surface area contributed by atoms with Crippen LogP contribution in [0.15, 0.2) is 54.7 Å². The molecule has 1 aliphatic heterocycles. The van der Waals surface area contributed by atoms with Gasteiger partial charge in [0.05, 0.1) is 0 Å². The monoisotopic (exact) mass is 748 g/mol. The minimum atomic E-state index is -1.51. The number of nitrogens with two attached hydrogens (primary N) is 1. The van der Waals surface area contributed by atoms with Crippen molar-refractivity contribution in [1.29, 1.82) is 0 Å². The summed E-state index contributed by atoms with van der Waals surface area (Å²) >= 11 is 0. The Hall–Kier alpha value is -4.95. The summed E-state index contributed by atoms with van der Waals surface area (Å²) in [5.41, 5.74) is 8.25. The van der Waals surface area contributed by atoms with E-state index < -0.39 is 65.9 Å². The van der Waals surface area contributed by atoms with Crippen LogP contribution in [0.25, 0.3) is 10.9 Å². The molecule has 54 heavy (non-hydrogen) atoms. The molecule has 1 saturated heterocycles. The van der Waals surface area contributed by atoms with E-state index in [4.69, 9.17) is 5.73 Å². The molecule has 14 nitrogen and oxygen atoms in total. The van der Waals surface area contributed by atoms with Crippen molar-refractivity contribution in [2.24, 2.45) is 11.7 Å². The van der Waals surface area contributed by atoms with Crippen molar-refractivity contribution < 1.29 is 39.3 Å². The first-order chi connectivity index (χ1) is 25.8. The molecule has 0 bridgehead atoms. The average Bonchev–Trinajstić information content (AvgIpc) is 3.81. The predicted octanol–water partition coefficient (Wildman–Crippen LogP) is 2.89. The number of benzene rings is 2. The highest BCUT2D eigenvalue weighted by atomic mass is 16.4. The Morgan fingerprint density at radius 1 is 0.907 bits per heavy atom. The number of fused-ring (bicyclic) bond motifs is 1. The first-order valence-electron chi connectivity index (χ1n) is 19.0. The SMILES string of the molecule is CCCCCCCC(N)C(O)C(=O)NC(C(=O)N1CCCC1C(=O)NC(Cc1ccc(O)cc1)C(=O)NC(Cc1c[nH]c2ccccc12)C(=O)O)C(C)C. The quantitative estimate of drug-likeness (QED) is 0.0794. The highest BCUT2D eigenvalue weighted by Crippen LogP contribution is 2.23. The number of amides is 4. The Morgan fingerprint density at radius 2 is 1.61 bits per heavy atom. The third-order valence-corrected chi connectivity index (χ3v) is 10.1. The summed E-state index contributed by atoms with van der Waals surface area (Å²) in [6.45, 7) is 5.85. The molecule has 4 rings (SSSR count). The number of rotatable bonds is 20. The molecule has 0 aliphatic carbocycles. The smallest absolute Gasteiger partial charge is 0.326 e. The number of aliphatic carboxylic acids is 1. The number of carboxylic acid groups (broad SMARTS) is 1. The number of H-pyrrole nitrogens is 1. The zero-order valence-electron chi connectivity index (χ0n) is 31.4. The van der Waals surface area contributed by atoms with Crippen LogP contribution in [-0.4, -0.2) is 97.7 Å². The lowest BCUT2D eigenvalue weighted by molar-refractivity contribution is -0.144. The van der Waals surface area contributed by atoms with Gasteiger partial charge in [0, 0.05) is 42.5 Å². The maximum Gasteiger partial charge on any atom is 0.326 e. The third-order valence-electron chi connectivity index (χ3n) is 10.1. The average molecular weight is 749 g/mol. The van der Waals surface area contributed by atoms with Gasteiger partial charge in [-0.05, 0) is 54.5 Å². The van der Waals surface area contributed by atoms with E-state index >= 15 is 0 Å². The standard InChI is InChI=1S/C40H56N6O8/c1-4-5-6-7-8-13-29(41)35(48)38(51)45-34(24(2)3)39(52)46-20-11-15-33(46)37(50)43-31(21-25-16-18-27(47)19-17-25)36(49)44-32(40(53)54)22-26-23-42-30-14-10-9-12-28(26)30/h9-10,12,14,16-19,23-24,29,31-35,42,47-48H,4-8,11,13,15,20-22,41H2,1-3H3,(H,43,50)(H,44,49)(H,45,51)(H,53,54). The van der Waals surface area contributed by atoms with Crippen molar-refractivity contribution in [1.82, 2.24) is 25.8 Å². The first kappa shape index (κ1) is 41.8. The fourth-order valence-electron chi connectivity index (χ4n) is 6.91. The first-order valence-corrected chi connectivity index (χ1v) is 19.0. The number of carboxylic acids is 1. The predicted molar refractivity (Wildman–Crippen MR) is 204 cm³/mol. The minimum absolute atomic E-state index is 0.0114. The molecule has 1 fully saturated rings. The molecule has 2 heterocycles. The normalized spacial score (nSPS) is 17.1. The van der Waals surface area contributed by atoms with E-state index in [0.717, 1.165) is 43.0 Å². The number of hydrogen-bond donors (Lipinski definition) is 8. The van der Waals surface area contributed by atoms with Gasteiger partial charge in [-0.15, -0.1) is 0 Å². The van der Waals surface area contributed by atoms with Crippen molar-refractivity contribution in [2.75, 3.05) is 6.54 Å². The molecule has 1 aliphatic rings.